The largest absolute Gasteiger partial charge is 0.391 e. The van der Waals surface area contributed by atoms with Gasteiger partial charge in [-0.25, -0.2) is 5.43 Å². The monoisotopic (exact) mass is 310 g/mol. The predicted molar refractivity (Wildman–Crippen MR) is 88.5 cm³/mol. The highest BCUT2D eigenvalue weighted by Gasteiger charge is 2.33. The summed E-state index contributed by atoms with van der Waals surface area (Å²) in [5.41, 5.74) is 10.3. The molecular weight excluding hydrogens is 288 g/mol. The molecule has 2 aromatic rings. The number of hydrazine groups is 1. The van der Waals surface area contributed by atoms with Crippen LogP contribution in [0, 0.1) is 5.92 Å². The molecule has 0 bridgehead atoms. The highest BCUT2D eigenvalue weighted by atomic mass is 16.3. The van der Waals surface area contributed by atoms with Gasteiger partial charge in [-0.05, 0) is 22.8 Å². The predicted octanol–water partition coefficient (Wildman–Crippen LogP) is 1.09. The Morgan fingerprint density at radius 1 is 1.22 bits per heavy atom. The molecule has 0 spiro atoms. The molecule has 1 fully saturated rings. The van der Waals surface area contributed by atoms with E-state index in [9.17, 15) is 5.11 Å². The lowest BCUT2D eigenvalue weighted by Crippen LogP contribution is -2.35. The molecule has 1 aliphatic heterocycles. The lowest BCUT2D eigenvalue weighted by Gasteiger charge is -2.23. The fourth-order valence-electron chi connectivity index (χ4n) is 3.74. The number of nitrogens with zero attached hydrogens (tertiary/aromatic N) is 1. The first-order chi connectivity index (χ1) is 11.3. The molecule has 5 heteroatoms. The van der Waals surface area contributed by atoms with E-state index in [-0.39, 0.29) is 18.2 Å². The summed E-state index contributed by atoms with van der Waals surface area (Å²) in [5, 5.41) is 13.9. The van der Waals surface area contributed by atoms with Gasteiger partial charge in [0, 0.05) is 37.8 Å². The number of fused-ring (bicyclic) bond motifs is 1. The Hall–Kier alpha value is -1.79. The zero-order valence-electron chi connectivity index (χ0n) is 12.9. The van der Waals surface area contributed by atoms with Gasteiger partial charge in [-0.3, -0.25) is 10.4 Å². The average molecular weight is 310 g/mol. The van der Waals surface area contributed by atoms with Crippen LogP contribution >= 0.6 is 0 Å². The number of pyridine rings is 1. The quantitative estimate of drug-likeness (QED) is 0.681. The van der Waals surface area contributed by atoms with Gasteiger partial charge in [0.15, 0.2) is 0 Å². The molecule has 2 unspecified atom stereocenters. The number of hydrogen-bond acceptors (Lipinski definition) is 5. The molecule has 0 amide bonds. The van der Waals surface area contributed by atoms with E-state index in [4.69, 9.17) is 0 Å². The molecule has 1 saturated heterocycles. The van der Waals surface area contributed by atoms with Crippen molar-refractivity contribution in [3.8, 4) is 0 Å². The van der Waals surface area contributed by atoms with Gasteiger partial charge in [0.1, 0.15) is 0 Å². The van der Waals surface area contributed by atoms with Gasteiger partial charge in [-0.2, -0.15) is 0 Å². The molecule has 5 nitrogen and oxygen atoms in total. The van der Waals surface area contributed by atoms with Crippen LogP contribution in [0.1, 0.15) is 28.8 Å². The number of aliphatic hydroxyl groups is 1. The number of hydrogen-bond donors (Lipinski definition) is 4. The first-order valence-electron chi connectivity index (χ1n) is 8.20. The standard InChI is InChI=1S/C18H22N4O/c23-16-8-12-4-1-2-6-15(12)18(16)20-10-14-11-21-22-17(14)13-5-3-7-19-9-13/h1-7,9,14,16-18,20-23H,8,10-11H2/t14?,16-,17?,18+/m1/s1. The lowest BCUT2D eigenvalue weighted by atomic mass is 9.95. The van der Waals surface area contributed by atoms with Crippen molar-refractivity contribution in [3.63, 3.8) is 0 Å². The molecular formula is C18H22N4O. The van der Waals surface area contributed by atoms with Crippen LogP contribution in [-0.2, 0) is 6.42 Å². The Balaban J connectivity index is 1.45. The molecule has 1 aliphatic carbocycles. The Kier molecular flexibility index (Phi) is 4.10. The van der Waals surface area contributed by atoms with Crippen LogP contribution in [0.5, 0.6) is 0 Å². The molecule has 2 heterocycles. The fourth-order valence-corrected chi connectivity index (χ4v) is 3.74. The summed E-state index contributed by atoms with van der Waals surface area (Å²) < 4.78 is 0. The Bertz CT molecular complexity index is 663. The van der Waals surface area contributed by atoms with E-state index in [0.29, 0.717) is 5.92 Å². The van der Waals surface area contributed by atoms with Gasteiger partial charge in [-0.1, -0.05) is 30.3 Å². The molecule has 1 aromatic heterocycles. The van der Waals surface area contributed by atoms with Crippen molar-refractivity contribution >= 4 is 0 Å². The molecule has 2 aliphatic rings. The molecule has 23 heavy (non-hydrogen) atoms. The highest BCUT2D eigenvalue weighted by Crippen LogP contribution is 2.32. The maximum atomic E-state index is 10.4. The first kappa shape index (κ1) is 14.8. The molecule has 4 N–H and O–H groups in total. The van der Waals surface area contributed by atoms with Crippen molar-refractivity contribution in [1.82, 2.24) is 21.2 Å². The minimum Gasteiger partial charge on any atom is -0.391 e. The summed E-state index contributed by atoms with van der Waals surface area (Å²) in [7, 11) is 0. The molecule has 120 valence electrons. The van der Waals surface area contributed by atoms with Crippen molar-refractivity contribution in [3.05, 3.63) is 65.5 Å². The summed E-state index contributed by atoms with van der Waals surface area (Å²) in [6, 6.07) is 12.7. The van der Waals surface area contributed by atoms with Gasteiger partial charge < -0.3 is 10.4 Å². The summed E-state index contributed by atoms with van der Waals surface area (Å²) in [5.74, 6) is 0.416. The number of aromatic nitrogens is 1. The molecule has 1 aromatic carbocycles. The van der Waals surface area contributed by atoms with Crippen molar-refractivity contribution in [2.24, 2.45) is 5.92 Å². The summed E-state index contributed by atoms with van der Waals surface area (Å²) in [4.78, 5) is 4.21. The zero-order chi connectivity index (χ0) is 15.6. The Labute approximate surface area is 136 Å². The van der Waals surface area contributed by atoms with Crippen molar-refractivity contribution in [1.29, 1.82) is 0 Å². The van der Waals surface area contributed by atoms with Gasteiger partial charge in [0.2, 0.25) is 0 Å². The van der Waals surface area contributed by atoms with Crippen molar-refractivity contribution in [2.45, 2.75) is 24.6 Å². The maximum Gasteiger partial charge on any atom is 0.0775 e. The smallest absolute Gasteiger partial charge is 0.0775 e. The zero-order valence-corrected chi connectivity index (χ0v) is 12.9. The second kappa shape index (κ2) is 6.37. The van der Waals surface area contributed by atoms with Crippen LogP contribution in [0.2, 0.25) is 0 Å². The third-order valence-electron chi connectivity index (χ3n) is 4.94. The van der Waals surface area contributed by atoms with E-state index >= 15 is 0 Å². The summed E-state index contributed by atoms with van der Waals surface area (Å²) in [6.07, 6.45) is 4.11. The molecule has 0 saturated carbocycles. The van der Waals surface area contributed by atoms with Crippen molar-refractivity contribution in [2.75, 3.05) is 13.1 Å². The highest BCUT2D eigenvalue weighted by molar-refractivity contribution is 5.36. The van der Waals surface area contributed by atoms with Gasteiger partial charge >= 0.3 is 0 Å². The topological polar surface area (TPSA) is 69.2 Å². The lowest BCUT2D eigenvalue weighted by molar-refractivity contribution is 0.138. The average Bonchev–Trinajstić information content (AvgIpc) is 3.17. The molecule has 4 atom stereocenters. The van der Waals surface area contributed by atoms with Gasteiger partial charge in [-0.15, -0.1) is 0 Å². The van der Waals surface area contributed by atoms with Crippen molar-refractivity contribution < 1.29 is 5.11 Å². The maximum absolute atomic E-state index is 10.4. The van der Waals surface area contributed by atoms with Crippen LogP contribution in [0.3, 0.4) is 0 Å². The third-order valence-corrected chi connectivity index (χ3v) is 4.94. The van der Waals surface area contributed by atoms with Crippen LogP contribution < -0.4 is 16.2 Å². The Morgan fingerprint density at radius 2 is 2.13 bits per heavy atom. The minimum absolute atomic E-state index is 0.0290. The van der Waals surface area contributed by atoms with E-state index in [1.807, 2.05) is 24.4 Å². The normalized spacial score (nSPS) is 29.6. The number of aliphatic hydroxyl groups excluding tert-OH is 1. The van der Waals surface area contributed by atoms with E-state index in [0.717, 1.165) is 19.5 Å². The van der Waals surface area contributed by atoms with Gasteiger partial charge in [0.25, 0.3) is 0 Å². The van der Waals surface area contributed by atoms with Crippen LogP contribution in [0.25, 0.3) is 0 Å². The SMILES string of the molecule is O[C@@H]1Cc2ccccc2[C@@H]1NCC1CNNC1c1cccnc1. The van der Waals surface area contributed by atoms with Gasteiger partial charge in [0.05, 0.1) is 18.2 Å². The number of nitrogens with one attached hydrogen (secondary N) is 3. The third kappa shape index (κ3) is 2.88. The van der Waals surface area contributed by atoms with E-state index < -0.39 is 0 Å². The molecule has 0 radical (unpaired) electrons. The van der Waals surface area contributed by atoms with Crippen LogP contribution in [0.4, 0.5) is 0 Å². The fraction of sp³-hybridized carbons (Fsp3) is 0.389. The minimum atomic E-state index is -0.341. The van der Waals surface area contributed by atoms with Crippen LogP contribution in [0.15, 0.2) is 48.8 Å². The summed E-state index contributed by atoms with van der Waals surface area (Å²) in [6.45, 7) is 1.74. The Morgan fingerprint density at radius 3 is 3.00 bits per heavy atom. The van der Waals surface area contributed by atoms with E-state index in [2.05, 4.69) is 39.4 Å². The summed E-state index contributed by atoms with van der Waals surface area (Å²) >= 11 is 0. The first-order valence-corrected chi connectivity index (χ1v) is 8.20. The number of benzene rings is 1. The second-order valence-corrected chi connectivity index (χ2v) is 6.41. The molecule has 4 rings (SSSR count). The number of rotatable bonds is 4. The second-order valence-electron chi connectivity index (χ2n) is 6.41. The van der Waals surface area contributed by atoms with E-state index in [1.165, 1.54) is 16.7 Å². The van der Waals surface area contributed by atoms with Crippen LogP contribution in [-0.4, -0.2) is 29.3 Å². The van der Waals surface area contributed by atoms with E-state index in [1.54, 1.807) is 6.20 Å².